The molecule has 5 heteroatoms. The SMILES string of the molecule is CCNC(Cc1nc(C)cs1)c1cc(C)c(F)cc1F. The zero-order valence-corrected chi connectivity index (χ0v) is 12.7. The Labute approximate surface area is 121 Å². The smallest absolute Gasteiger partial charge is 0.130 e. The summed E-state index contributed by atoms with van der Waals surface area (Å²) in [6.07, 6.45) is 0.605. The monoisotopic (exact) mass is 296 g/mol. The van der Waals surface area contributed by atoms with Gasteiger partial charge in [0.25, 0.3) is 0 Å². The maximum Gasteiger partial charge on any atom is 0.130 e. The number of aryl methyl sites for hydroxylation is 2. The number of likely N-dealkylation sites (N-methyl/N-ethyl adjacent to an activating group) is 1. The van der Waals surface area contributed by atoms with E-state index in [1.165, 1.54) is 0 Å². The maximum atomic E-state index is 14.0. The summed E-state index contributed by atoms with van der Waals surface area (Å²) in [5, 5.41) is 6.18. The van der Waals surface area contributed by atoms with Crippen LogP contribution in [0.1, 0.15) is 34.8 Å². The van der Waals surface area contributed by atoms with Crippen molar-refractivity contribution in [1.82, 2.24) is 10.3 Å². The second-order valence-corrected chi connectivity index (χ2v) is 5.76. The fraction of sp³-hybridized carbons (Fsp3) is 0.400. The Morgan fingerprint density at radius 1 is 1.25 bits per heavy atom. The van der Waals surface area contributed by atoms with Gasteiger partial charge in [-0.2, -0.15) is 0 Å². The summed E-state index contributed by atoms with van der Waals surface area (Å²) in [5.74, 6) is -1.01. The van der Waals surface area contributed by atoms with Gasteiger partial charge in [0, 0.05) is 35.2 Å². The van der Waals surface area contributed by atoms with E-state index in [4.69, 9.17) is 0 Å². The lowest BCUT2D eigenvalue weighted by Gasteiger charge is -2.18. The lowest BCUT2D eigenvalue weighted by molar-refractivity contribution is 0.499. The highest BCUT2D eigenvalue weighted by atomic mass is 32.1. The van der Waals surface area contributed by atoms with Crippen LogP contribution >= 0.6 is 11.3 Å². The maximum absolute atomic E-state index is 14.0. The Kier molecular flexibility index (Phi) is 4.83. The number of hydrogen-bond acceptors (Lipinski definition) is 3. The Hall–Kier alpha value is -1.33. The van der Waals surface area contributed by atoms with Crippen molar-refractivity contribution < 1.29 is 8.78 Å². The third-order valence-electron chi connectivity index (χ3n) is 3.15. The fourth-order valence-electron chi connectivity index (χ4n) is 2.16. The first-order valence-corrected chi connectivity index (χ1v) is 7.49. The van der Waals surface area contributed by atoms with Crippen LogP contribution in [0.3, 0.4) is 0 Å². The van der Waals surface area contributed by atoms with E-state index in [9.17, 15) is 8.78 Å². The van der Waals surface area contributed by atoms with Gasteiger partial charge >= 0.3 is 0 Å². The minimum Gasteiger partial charge on any atom is -0.310 e. The molecule has 0 saturated carbocycles. The van der Waals surface area contributed by atoms with Gasteiger partial charge in [0.15, 0.2) is 0 Å². The van der Waals surface area contributed by atoms with E-state index in [-0.39, 0.29) is 6.04 Å². The quantitative estimate of drug-likeness (QED) is 0.904. The van der Waals surface area contributed by atoms with E-state index >= 15 is 0 Å². The molecule has 0 aliphatic heterocycles. The van der Waals surface area contributed by atoms with Crippen molar-refractivity contribution in [2.24, 2.45) is 0 Å². The summed E-state index contributed by atoms with van der Waals surface area (Å²) in [4.78, 5) is 4.41. The molecule has 0 aliphatic rings. The highest BCUT2D eigenvalue weighted by Gasteiger charge is 2.18. The highest BCUT2D eigenvalue weighted by molar-refractivity contribution is 7.09. The molecule has 2 nitrogen and oxygen atoms in total. The molecule has 0 aliphatic carbocycles. The number of hydrogen-bond donors (Lipinski definition) is 1. The molecule has 0 amide bonds. The molecule has 1 unspecified atom stereocenters. The largest absolute Gasteiger partial charge is 0.310 e. The van der Waals surface area contributed by atoms with Gasteiger partial charge in [-0.15, -0.1) is 11.3 Å². The van der Waals surface area contributed by atoms with E-state index in [2.05, 4.69) is 10.3 Å². The zero-order valence-electron chi connectivity index (χ0n) is 11.8. The van der Waals surface area contributed by atoms with E-state index < -0.39 is 11.6 Å². The van der Waals surface area contributed by atoms with Crippen LogP contribution < -0.4 is 5.32 Å². The van der Waals surface area contributed by atoms with Crippen LogP contribution in [0.15, 0.2) is 17.5 Å². The van der Waals surface area contributed by atoms with Crippen molar-refractivity contribution in [1.29, 1.82) is 0 Å². The molecule has 2 aromatic rings. The van der Waals surface area contributed by atoms with Gasteiger partial charge in [0.1, 0.15) is 11.6 Å². The number of halogens is 2. The third kappa shape index (κ3) is 3.41. The number of aromatic nitrogens is 1. The van der Waals surface area contributed by atoms with Crippen LogP contribution in [-0.2, 0) is 6.42 Å². The van der Waals surface area contributed by atoms with Crippen LogP contribution in [0.5, 0.6) is 0 Å². The fourth-order valence-corrected chi connectivity index (χ4v) is 2.98. The molecular weight excluding hydrogens is 278 g/mol. The third-order valence-corrected chi connectivity index (χ3v) is 4.14. The van der Waals surface area contributed by atoms with E-state index in [0.29, 0.717) is 24.1 Å². The summed E-state index contributed by atoms with van der Waals surface area (Å²) >= 11 is 1.56. The van der Waals surface area contributed by atoms with Crippen molar-refractivity contribution in [2.75, 3.05) is 6.54 Å². The van der Waals surface area contributed by atoms with Gasteiger partial charge in [0.05, 0.1) is 5.01 Å². The number of nitrogens with zero attached hydrogens (tertiary/aromatic N) is 1. The lowest BCUT2D eigenvalue weighted by Crippen LogP contribution is -2.24. The standard InChI is InChI=1S/C15H18F2N2S/c1-4-18-14(7-15-19-10(3)8-20-15)11-5-9(2)12(16)6-13(11)17/h5-6,8,14,18H,4,7H2,1-3H3. The van der Waals surface area contributed by atoms with Crippen molar-refractivity contribution in [2.45, 2.75) is 33.2 Å². The summed E-state index contributed by atoms with van der Waals surface area (Å²) < 4.78 is 27.4. The molecule has 2 rings (SSSR count). The van der Waals surface area contributed by atoms with Crippen LogP contribution in [0.25, 0.3) is 0 Å². The number of benzene rings is 1. The van der Waals surface area contributed by atoms with Gasteiger partial charge in [0.2, 0.25) is 0 Å². The Balaban J connectivity index is 2.30. The first-order valence-electron chi connectivity index (χ1n) is 6.61. The van der Waals surface area contributed by atoms with E-state index in [1.807, 2.05) is 19.2 Å². The van der Waals surface area contributed by atoms with Crippen molar-refractivity contribution in [3.05, 3.63) is 51.0 Å². The first kappa shape index (κ1) is 15.1. The average Bonchev–Trinajstić information content (AvgIpc) is 2.79. The molecule has 1 atom stereocenters. The van der Waals surface area contributed by atoms with Gasteiger partial charge in [-0.25, -0.2) is 13.8 Å². The van der Waals surface area contributed by atoms with E-state index in [1.54, 1.807) is 24.3 Å². The minimum absolute atomic E-state index is 0.190. The summed E-state index contributed by atoms with van der Waals surface area (Å²) in [6.45, 7) is 6.26. The topological polar surface area (TPSA) is 24.9 Å². The van der Waals surface area contributed by atoms with Crippen LogP contribution in [0.4, 0.5) is 8.78 Å². The van der Waals surface area contributed by atoms with Gasteiger partial charge in [-0.3, -0.25) is 0 Å². The summed E-state index contributed by atoms with van der Waals surface area (Å²) in [7, 11) is 0. The van der Waals surface area contributed by atoms with Crippen LogP contribution in [0, 0.1) is 25.5 Å². The molecule has 0 spiro atoms. The molecule has 1 heterocycles. The number of nitrogens with one attached hydrogen (secondary N) is 1. The highest BCUT2D eigenvalue weighted by Crippen LogP contribution is 2.25. The van der Waals surface area contributed by atoms with Crippen molar-refractivity contribution in [3.8, 4) is 0 Å². The minimum atomic E-state index is -0.508. The van der Waals surface area contributed by atoms with Gasteiger partial charge in [-0.05, 0) is 32.0 Å². The van der Waals surface area contributed by atoms with Gasteiger partial charge in [-0.1, -0.05) is 6.92 Å². The van der Waals surface area contributed by atoms with E-state index in [0.717, 1.165) is 16.8 Å². The lowest BCUT2D eigenvalue weighted by atomic mass is 10.0. The molecule has 108 valence electrons. The van der Waals surface area contributed by atoms with Crippen LogP contribution in [-0.4, -0.2) is 11.5 Å². The summed E-state index contributed by atoms with van der Waals surface area (Å²) in [5.41, 5.74) is 1.93. The molecule has 0 radical (unpaired) electrons. The Morgan fingerprint density at radius 3 is 2.60 bits per heavy atom. The molecule has 1 aromatic heterocycles. The van der Waals surface area contributed by atoms with Crippen molar-refractivity contribution >= 4 is 11.3 Å². The average molecular weight is 296 g/mol. The van der Waals surface area contributed by atoms with Crippen LogP contribution in [0.2, 0.25) is 0 Å². The predicted molar refractivity (Wildman–Crippen MR) is 78.1 cm³/mol. The van der Waals surface area contributed by atoms with Crippen molar-refractivity contribution in [3.63, 3.8) is 0 Å². The van der Waals surface area contributed by atoms with Gasteiger partial charge < -0.3 is 5.32 Å². The Morgan fingerprint density at radius 2 is 2.00 bits per heavy atom. The first-order chi connectivity index (χ1) is 9.51. The Bertz CT molecular complexity index is 596. The molecule has 0 bridgehead atoms. The molecule has 20 heavy (non-hydrogen) atoms. The zero-order chi connectivity index (χ0) is 14.7. The number of thiazole rings is 1. The molecule has 0 saturated heterocycles. The predicted octanol–water partition coefficient (Wildman–Crippen LogP) is 3.93. The molecule has 1 aromatic carbocycles. The second kappa shape index (κ2) is 6.41. The molecule has 1 N–H and O–H groups in total. The second-order valence-electron chi connectivity index (χ2n) is 4.82. The molecule has 0 fully saturated rings. The molecular formula is C15H18F2N2S. The number of rotatable bonds is 5. The normalized spacial score (nSPS) is 12.7. The summed E-state index contributed by atoms with van der Waals surface area (Å²) in [6, 6.07) is 2.35.